The molecule has 0 aliphatic rings. The highest BCUT2D eigenvalue weighted by Crippen LogP contribution is 2.35. The maximum absolute atomic E-state index is 13.2. The molecule has 0 heterocycles. The van der Waals surface area contributed by atoms with Crippen molar-refractivity contribution >= 4 is 5.69 Å². The summed E-state index contributed by atoms with van der Waals surface area (Å²) in [4.78, 5) is 1.75. The van der Waals surface area contributed by atoms with E-state index in [1.54, 1.807) is 24.9 Å². The fourth-order valence-corrected chi connectivity index (χ4v) is 2.07. The third kappa shape index (κ3) is 5.55. The molecular formula is C15H23F3N2O. The Labute approximate surface area is 123 Å². The molecule has 0 saturated heterocycles. The molecule has 0 radical (unpaired) electrons. The van der Waals surface area contributed by atoms with Gasteiger partial charge in [0, 0.05) is 31.9 Å². The molecule has 0 spiro atoms. The first-order valence-corrected chi connectivity index (χ1v) is 7.00. The minimum absolute atomic E-state index is 0.206. The first kappa shape index (κ1) is 17.8. The Hall–Kier alpha value is -1.27. The summed E-state index contributed by atoms with van der Waals surface area (Å²) in [7, 11) is 1.75. The second-order valence-electron chi connectivity index (χ2n) is 5.14. The number of rotatable bonds is 7. The van der Waals surface area contributed by atoms with Gasteiger partial charge in [-0.25, -0.2) is 0 Å². The van der Waals surface area contributed by atoms with Gasteiger partial charge in [-0.05, 0) is 38.0 Å². The molecule has 0 amide bonds. The van der Waals surface area contributed by atoms with Crippen molar-refractivity contribution in [2.24, 2.45) is 5.73 Å². The summed E-state index contributed by atoms with van der Waals surface area (Å²) in [6, 6.07) is 4.08. The number of halogens is 3. The van der Waals surface area contributed by atoms with Crippen molar-refractivity contribution in [3.8, 4) is 0 Å². The smallest absolute Gasteiger partial charge is 0.380 e. The van der Waals surface area contributed by atoms with Crippen LogP contribution in [0.3, 0.4) is 0 Å². The van der Waals surface area contributed by atoms with E-state index in [2.05, 4.69) is 0 Å². The van der Waals surface area contributed by atoms with E-state index in [0.29, 0.717) is 25.4 Å². The van der Waals surface area contributed by atoms with Crippen LogP contribution in [0, 0.1) is 0 Å². The third-order valence-electron chi connectivity index (χ3n) is 3.16. The lowest BCUT2D eigenvalue weighted by molar-refractivity contribution is -0.138. The van der Waals surface area contributed by atoms with Crippen LogP contribution in [-0.4, -0.2) is 32.8 Å². The highest BCUT2D eigenvalue weighted by Gasteiger charge is 2.33. The fraction of sp³-hybridized carbons (Fsp3) is 0.600. The van der Waals surface area contributed by atoms with E-state index in [-0.39, 0.29) is 18.0 Å². The van der Waals surface area contributed by atoms with Gasteiger partial charge < -0.3 is 15.4 Å². The van der Waals surface area contributed by atoms with Crippen molar-refractivity contribution < 1.29 is 17.9 Å². The molecule has 1 aromatic rings. The number of likely N-dealkylation sites (N-methyl/N-ethyl adjacent to an activating group) is 1. The van der Waals surface area contributed by atoms with Crippen molar-refractivity contribution in [1.29, 1.82) is 0 Å². The number of ether oxygens (including phenoxy) is 1. The van der Waals surface area contributed by atoms with Gasteiger partial charge in [0.25, 0.3) is 0 Å². The monoisotopic (exact) mass is 304 g/mol. The molecule has 0 saturated carbocycles. The molecule has 21 heavy (non-hydrogen) atoms. The van der Waals surface area contributed by atoms with Crippen LogP contribution in [0.1, 0.15) is 25.0 Å². The summed E-state index contributed by atoms with van der Waals surface area (Å²) >= 11 is 0. The van der Waals surface area contributed by atoms with Gasteiger partial charge in [-0.1, -0.05) is 6.07 Å². The zero-order chi connectivity index (χ0) is 16.0. The molecule has 120 valence electrons. The van der Waals surface area contributed by atoms with Gasteiger partial charge >= 0.3 is 6.18 Å². The lowest BCUT2D eigenvalue weighted by Gasteiger charge is -2.22. The zero-order valence-electron chi connectivity index (χ0n) is 12.7. The number of hydrogen-bond acceptors (Lipinski definition) is 3. The van der Waals surface area contributed by atoms with Gasteiger partial charge in [-0.3, -0.25) is 0 Å². The molecule has 0 aliphatic heterocycles. The Morgan fingerprint density at radius 3 is 2.52 bits per heavy atom. The normalized spacial score (nSPS) is 13.3. The maximum Gasteiger partial charge on any atom is 0.416 e. The predicted molar refractivity (Wildman–Crippen MR) is 78.6 cm³/mol. The van der Waals surface area contributed by atoms with Crippen LogP contribution >= 0.6 is 0 Å². The van der Waals surface area contributed by atoms with Crippen LogP contribution < -0.4 is 10.6 Å². The summed E-state index contributed by atoms with van der Waals surface area (Å²) in [6.45, 7) is 5.19. The second-order valence-corrected chi connectivity index (χ2v) is 5.14. The molecule has 0 bridgehead atoms. The highest BCUT2D eigenvalue weighted by atomic mass is 19.4. The molecule has 1 unspecified atom stereocenters. The number of nitrogens with two attached hydrogens (primary N) is 1. The van der Waals surface area contributed by atoms with E-state index in [1.807, 2.05) is 6.92 Å². The minimum atomic E-state index is -4.37. The Kier molecular flexibility index (Phi) is 6.48. The first-order valence-electron chi connectivity index (χ1n) is 7.00. The topological polar surface area (TPSA) is 38.5 Å². The van der Waals surface area contributed by atoms with Crippen LogP contribution in [0.2, 0.25) is 0 Å². The summed E-state index contributed by atoms with van der Waals surface area (Å²) in [5, 5.41) is 0. The Bertz CT molecular complexity index is 447. The molecular weight excluding hydrogens is 281 g/mol. The van der Waals surface area contributed by atoms with E-state index in [0.717, 1.165) is 0 Å². The average Bonchev–Trinajstić information content (AvgIpc) is 2.37. The average molecular weight is 304 g/mol. The van der Waals surface area contributed by atoms with Crippen LogP contribution in [-0.2, 0) is 17.3 Å². The quantitative estimate of drug-likeness (QED) is 0.787. The number of anilines is 1. The van der Waals surface area contributed by atoms with Crippen molar-refractivity contribution in [3.05, 3.63) is 29.3 Å². The fourth-order valence-electron chi connectivity index (χ4n) is 2.07. The van der Waals surface area contributed by atoms with Crippen LogP contribution in [0.25, 0.3) is 0 Å². The van der Waals surface area contributed by atoms with E-state index in [4.69, 9.17) is 10.5 Å². The molecule has 1 rings (SSSR count). The molecule has 0 fully saturated rings. The van der Waals surface area contributed by atoms with Gasteiger partial charge in [-0.15, -0.1) is 0 Å². The van der Waals surface area contributed by atoms with Crippen LogP contribution in [0.5, 0.6) is 0 Å². The lowest BCUT2D eigenvalue weighted by atomic mass is 10.00. The molecule has 1 atom stereocenters. The van der Waals surface area contributed by atoms with Gasteiger partial charge in [0.1, 0.15) is 0 Å². The number of benzene rings is 1. The summed E-state index contributed by atoms with van der Waals surface area (Å²) < 4.78 is 44.7. The Morgan fingerprint density at radius 2 is 2.00 bits per heavy atom. The van der Waals surface area contributed by atoms with Crippen LogP contribution in [0.15, 0.2) is 18.2 Å². The Balaban J connectivity index is 2.98. The zero-order valence-corrected chi connectivity index (χ0v) is 12.7. The maximum atomic E-state index is 13.2. The Morgan fingerprint density at radius 1 is 1.33 bits per heavy atom. The summed E-state index contributed by atoms with van der Waals surface area (Å²) in [5.74, 6) is 0. The van der Waals surface area contributed by atoms with Gasteiger partial charge in [0.05, 0.1) is 12.2 Å². The van der Waals surface area contributed by atoms with Gasteiger partial charge in [-0.2, -0.15) is 13.2 Å². The standard InChI is InChI=1S/C15H23F3N2O/c1-4-21-8-7-20(3)13-6-5-12(9-11(2)19)14(10-13)15(16,17)18/h5-6,10-11H,4,7-9,19H2,1-3H3. The van der Waals surface area contributed by atoms with Gasteiger partial charge in [0.15, 0.2) is 0 Å². The minimum Gasteiger partial charge on any atom is -0.380 e. The van der Waals surface area contributed by atoms with Crippen LogP contribution in [0.4, 0.5) is 18.9 Å². The van der Waals surface area contributed by atoms with Crippen molar-refractivity contribution in [3.63, 3.8) is 0 Å². The second kappa shape index (κ2) is 7.66. The SMILES string of the molecule is CCOCCN(C)c1ccc(CC(C)N)c(C(F)(F)F)c1. The van der Waals surface area contributed by atoms with E-state index < -0.39 is 11.7 Å². The number of nitrogens with zero attached hydrogens (tertiary/aromatic N) is 1. The highest BCUT2D eigenvalue weighted by molar-refractivity contribution is 5.51. The molecule has 6 heteroatoms. The first-order chi connectivity index (χ1) is 9.75. The van der Waals surface area contributed by atoms with Crippen molar-refractivity contribution in [2.45, 2.75) is 32.5 Å². The summed E-state index contributed by atoms with van der Waals surface area (Å²) in [6.07, 6.45) is -4.17. The summed E-state index contributed by atoms with van der Waals surface area (Å²) in [5.41, 5.74) is 5.77. The van der Waals surface area contributed by atoms with Crippen molar-refractivity contribution in [2.75, 3.05) is 31.7 Å². The predicted octanol–water partition coefficient (Wildman–Crippen LogP) is 3.07. The van der Waals surface area contributed by atoms with E-state index >= 15 is 0 Å². The number of alkyl halides is 3. The van der Waals surface area contributed by atoms with Gasteiger partial charge in [0.2, 0.25) is 0 Å². The number of hydrogen-bond donors (Lipinski definition) is 1. The molecule has 1 aromatic carbocycles. The molecule has 3 nitrogen and oxygen atoms in total. The van der Waals surface area contributed by atoms with E-state index in [1.165, 1.54) is 12.1 Å². The molecule has 0 aromatic heterocycles. The largest absolute Gasteiger partial charge is 0.416 e. The van der Waals surface area contributed by atoms with Crippen molar-refractivity contribution in [1.82, 2.24) is 0 Å². The third-order valence-corrected chi connectivity index (χ3v) is 3.16. The molecule has 2 N–H and O–H groups in total. The van der Waals surface area contributed by atoms with E-state index in [9.17, 15) is 13.2 Å². The molecule has 0 aliphatic carbocycles. The lowest BCUT2D eigenvalue weighted by Crippen LogP contribution is -2.24.